The highest BCUT2D eigenvalue weighted by Crippen LogP contribution is 2.17. The summed E-state index contributed by atoms with van der Waals surface area (Å²) in [6.45, 7) is 1.69. The number of carbonyl (C=O) groups is 2. The third-order valence-corrected chi connectivity index (χ3v) is 3.58. The maximum absolute atomic E-state index is 11.7. The zero-order valence-corrected chi connectivity index (χ0v) is 11.3. The van der Waals surface area contributed by atoms with Crippen LogP contribution in [0.1, 0.15) is 32.0 Å². The number of carbonyl (C=O) groups excluding carboxylic acids is 1. The van der Waals surface area contributed by atoms with Gasteiger partial charge in [-0.1, -0.05) is 6.07 Å². The molecular weight excluding hydrogens is 278 g/mol. The van der Waals surface area contributed by atoms with Gasteiger partial charge in [-0.3, -0.25) is 9.78 Å². The molecule has 102 valence electrons. The largest absolute Gasteiger partial charge is 0.477 e. The zero-order valence-electron chi connectivity index (χ0n) is 10.5. The molecular formula is C13H11N3O3S. The fraction of sp³-hybridized carbons (Fsp3) is 0.0769. The van der Waals surface area contributed by atoms with Crippen molar-refractivity contribution in [1.82, 2.24) is 10.4 Å². The third kappa shape index (κ3) is 3.27. The van der Waals surface area contributed by atoms with Gasteiger partial charge in [-0.15, -0.1) is 11.3 Å². The molecule has 0 spiro atoms. The van der Waals surface area contributed by atoms with Crippen molar-refractivity contribution < 1.29 is 14.7 Å². The van der Waals surface area contributed by atoms with Gasteiger partial charge < -0.3 is 5.11 Å². The number of carboxylic acid groups (broad SMARTS) is 1. The second-order valence-corrected chi connectivity index (χ2v) is 4.91. The predicted molar refractivity (Wildman–Crippen MR) is 75.2 cm³/mol. The van der Waals surface area contributed by atoms with Gasteiger partial charge in [-0.25, -0.2) is 10.2 Å². The molecule has 2 heterocycles. The molecule has 0 atom stereocenters. The second-order valence-electron chi connectivity index (χ2n) is 3.82. The van der Waals surface area contributed by atoms with E-state index in [0.717, 1.165) is 11.3 Å². The molecule has 0 aromatic carbocycles. The number of nitrogens with one attached hydrogen (secondary N) is 1. The molecule has 2 aromatic heterocycles. The Morgan fingerprint density at radius 3 is 2.60 bits per heavy atom. The van der Waals surface area contributed by atoms with E-state index in [9.17, 15) is 9.59 Å². The van der Waals surface area contributed by atoms with Crippen molar-refractivity contribution in [3.63, 3.8) is 0 Å². The molecule has 0 radical (unpaired) electrons. The number of hydrazone groups is 1. The second kappa shape index (κ2) is 6.07. The standard InChI is InChI=1S/C13H11N3O3S/c1-8(10-5-6-11(20-10)13(18)19)15-16-12(17)9-4-2-3-7-14-9/h2-7H,1H3,(H,16,17)(H,18,19)/b15-8+. The van der Waals surface area contributed by atoms with Gasteiger partial charge in [0.2, 0.25) is 0 Å². The molecule has 0 aliphatic heterocycles. The minimum absolute atomic E-state index is 0.227. The summed E-state index contributed by atoms with van der Waals surface area (Å²) in [6.07, 6.45) is 1.52. The monoisotopic (exact) mass is 289 g/mol. The predicted octanol–water partition coefficient (Wildman–Crippen LogP) is 2.00. The molecule has 7 heteroatoms. The van der Waals surface area contributed by atoms with Gasteiger partial charge >= 0.3 is 5.97 Å². The minimum atomic E-state index is -0.980. The molecule has 0 saturated heterocycles. The van der Waals surface area contributed by atoms with Crippen LogP contribution in [-0.4, -0.2) is 27.7 Å². The Morgan fingerprint density at radius 1 is 1.25 bits per heavy atom. The Balaban J connectivity index is 2.07. The molecule has 2 rings (SSSR count). The lowest BCUT2D eigenvalue weighted by molar-refractivity contribution is 0.0702. The topological polar surface area (TPSA) is 91.7 Å². The number of nitrogens with zero attached hydrogens (tertiary/aromatic N) is 2. The Bertz CT molecular complexity index is 665. The first-order valence-corrected chi connectivity index (χ1v) is 6.48. The number of thiophene rings is 1. The van der Waals surface area contributed by atoms with Gasteiger partial charge in [0.25, 0.3) is 5.91 Å². The molecule has 6 nitrogen and oxygen atoms in total. The first-order valence-electron chi connectivity index (χ1n) is 5.67. The quantitative estimate of drug-likeness (QED) is 0.665. The maximum Gasteiger partial charge on any atom is 0.345 e. The van der Waals surface area contributed by atoms with E-state index >= 15 is 0 Å². The summed E-state index contributed by atoms with van der Waals surface area (Å²) in [6, 6.07) is 8.15. The van der Waals surface area contributed by atoms with Crippen LogP contribution in [0.4, 0.5) is 0 Å². The molecule has 2 N–H and O–H groups in total. The lowest BCUT2D eigenvalue weighted by Crippen LogP contribution is -2.20. The van der Waals surface area contributed by atoms with Crippen molar-refractivity contribution in [3.05, 3.63) is 52.0 Å². The van der Waals surface area contributed by atoms with E-state index in [1.807, 2.05) is 0 Å². The van der Waals surface area contributed by atoms with E-state index < -0.39 is 11.9 Å². The van der Waals surface area contributed by atoms with Crippen LogP contribution in [0.5, 0.6) is 0 Å². The van der Waals surface area contributed by atoms with E-state index in [-0.39, 0.29) is 10.6 Å². The lowest BCUT2D eigenvalue weighted by atomic mass is 10.3. The SMILES string of the molecule is C/C(=N\NC(=O)c1ccccn1)c1ccc(C(=O)O)s1. The number of hydrogen-bond acceptors (Lipinski definition) is 5. The summed E-state index contributed by atoms with van der Waals surface area (Å²) in [4.78, 5) is 27.3. The molecule has 20 heavy (non-hydrogen) atoms. The normalized spacial score (nSPS) is 11.2. The summed E-state index contributed by atoms with van der Waals surface area (Å²) >= 11 is 1.10. The number of rotatable bonds is 4. The highest BCUT2D eigenvalue weighted by Gasteiger charge is 2.09. The fourth-order valence-corrected chi connectivity index (χ4v) is 2.18. The molecule has 0 aliphatic rings. The van der Waals surface area contributed by atoms with Crippen LogP contribution in [0.2, 0.25) is 0 Å². The highest BCUT2D eigenvalue weighted by atomic mass is 32.1. The molecule has 0 aliphatic carbocycles. The molecule has 0 unspecified atom stereocenters. The maximum atomic E-state index is 11.7. The van der Waals surface area contributed by atoms with Crippen LogP contribution < -0.4 is 5.43 Å². The molecule has 1 amide bonds. The van der Waals surface area contributed by atoms with E-state index in [1.54, 1.807) is 31.2 Å². The van der Waals surface area contributed by atoms with E-state index in [1.165, 1.54) is 12.3 Å². The lowest BCUT2D eigenvalue weighted by Gasteiger charge is -2.00. The van der Waals surface area contributed by atoms with Crippen molar-refractivity contribution in [1.29, 1.82) is 0 Å². The number of carboxylic acids is 1. The molecule has 0 bridgehead atoms. The number of aromatic nitrogens is 1. The van der Waals surface area contributed by atoms with Gasteiger partial charge in [-0.05, 0) is 31.2 Å². The highest BCUT2D eigenvalue weighted by molar-refractivity contribution is 7.15. The van der Waals surface area contributed by atoms with E-state index in [2.05, 4.69) is 15.5 Å². The fourth-order valence-electron chi connectivity index (χ4n) is 1.39. The van der Waals surface area contributed by atoms with Crippen molar-refractivity contribution in [2.45, 2.75) is 6.92 Å². The zero-order chi connectivity index (χ0) is 14.5. The Morgan fingerprint density at radius 2 is 2.00 bits per heavy atom. The van der Waals surface area contributed by atoms with Crippen molar-refractivity contribution in [2.75, 3.05) is 0 Å². The Hall–Kier alpha value is -2.54. The summed E-state index contributed by atoms with van der Waals surface area (Å²) in [5.41, 5.74) is 3.18. The van der Waals surface area contributed by atoms with Crippen LogP contribution in [0, 0.1) is 0 Å². The van der Waals surface area contributed by atoms with Gasteiger partial charge in [-0.2, -0.15) is 5.10 Å². The minimum Gasteiger partial charge on any atom is -0.477 e. The van der Waals surface area contributed by atoms with Crippen LogP contribution in [-0.2, 0) is 0 Å². The van der Waals surface area contributed by atoms with Crippen LogP contribution in [0.25, 0.3) is 0 Å². The van der Waals surface area contributed by atoms with Crippen molar-refractivity contribution in [3.8, 4) is 0 Å². The number of hydrogen-bond donors (Lipinski definition) is 2. The van der Waals surface area contributed by atoms with Gasteiger partial charge in [0.05, 0.1) is 10.6 Å². The number of pyridine rings is 1. The average Bonchev–Trinajstić information content (AvgIpc) is 2.95. The van der Waals surface area contributed by atoms with Gasteiger partial charge in [0.15, 0.2) is 0 Å². The molecule has 0 saturated carbocycles. The van der Waals surface area contributed by atoms with E-state index in [0.29, 0.717) is 10.6 Å². The van der Waals surface area contributed by atoms with Gasteiger partial charge in [0.1, 0.15) is 10.6 Å². The molecule has 2 aromatic rings. The van der Waals surface area contributed by atoms with Gasteiger partial charge in [0, 0.05) is 6.20 Å². The number of aromatic carboxylic acids is 1. The van der Waals surface area contributed by atoms with E-state index in [4.69, 9.17) is 5.11 Å². The van der Waals surface area contributed by atoms with Crippen molar-refractivity contribution >= 4 is 28.9 Å². The first kappa shape index (κ1) is 13.9. The van der Waals surface area contributed by atoms with Crippen LogP contribution >= 0.6 is 11.3 Å². The smallest absolute Gasteiger partial charge is 0.345 e. The summed E-state index contributed by atoms with van der Waals surface area (Å²) in [5.74, 6) is -1.40. The first-order chi connectivity index (χ1) is 9.58. The Kier molecular flexibility index (Phi) is 4.21. The Labute approximate surface area is 118 Å². The third-order valence-electron chi connectivity index (χ3n) is 2.40. The number of amides is 1. The van der Waals surface area contributed by atoms with Crippen LogP contribution in [0.3, 0.4) is 0 Å². The summed E-state index contributed by atoms with van der Waals surface area (Å²) in [5, 5.41) is 12.8. The summed E-state index contributed by atoms with van der Waals surface area (Å²) < 4.78 is 0. The summed E-state index contributed by atoms with van der Waals surface area (Å²) in [7, 11) is 0. The van der Waals surface area contributed by atoms with Crippen LogP contribution in [0.15, 0.2) is 41.6 Å². The van der Waals surface area contributed by atoms with Crippen molar-refractivity contribution in [2.24, 2.45) is 5.10 Å². The molecule has 0 fully saturated rings. The average molecular weight is 289 g/mol.